The minimum absolute atomic E-state index is 0.316. The van der Waals surface area contributed by atoms with Gasteiger partial charge in [0.1, 0.15) is 0 Å². The lowest BCUT2D eigenvalue weighted by Crippen LogP contribution is -1.99. The van der Waals surface area contributed by atoms with Gasteiger partial charge in [-0.25, -0.2) is 4.57 Å². The maximum Gasteiger partial charge on any atom is 0.472 e. The van der Waals surface area contributed by atoms with Crippen LogP contribution < -0.4 is 0 Å². The van der Waals surface area contributed by atoms with Gasteiger partial charge in [-0.15, -0.1) is 0 Å². The summed E-state index contributed by atoms with van der Waals surface area (Å²) in [5, 5.41) is 0. The molecule has 0 atom stereocenters. The molecule has 0 aliphatic heterocycles. The predicted molar refractivity (Wildman–Crippen MR) is 88.5 cm³/mol. The van der Waals surface area contributed by atoms with Crippen LogP contribution in [-0.2, 0) is 13.6 Å². The minimum Gasteiger partial charge on any atom is -0.302 e. The fourth-order valence-corrected chi connectivity index (χ4v) is 2.96. The monoisotopic (exact) mass is 322 g/mol. The molecule has 0 aromatic rings. The van der Waals surface area contributed by atoms with Crippen molar-refractivity contribution in [3.63, 3.8) is 0 Å². The molecule has 0 radical (unpaired) electrons. The summed E-state index contributed by atoms with van der Waals surface area (Å²) in [5.74, 6) is 0. The second-order valence-corrected chi connectivity index (χ2v) is 7.12. The lowest BCUT2D eigenvalue weighted by Gasteiger charge is -2.12. The van der Waals surface area contributed by atoms with E-state index in [0.717, 1.165) is 25.7 Å². The van der Waals surface area contributed by atoms with E-state index in [4.69, 9.17) is 9.05 Å². The highest BCUT2D eigenvalue weighted by atomic mass is 31.2. The van der Waals surface area contributed by atoms with Gasteiger partial charge in [0.15, 0.2) is 0 Å². The van der Waals surface area contributed by atoms with Crippen LogP contribution in [0, 0.1) is 0 Å². The van der Waals surface area contributed by atoms with Gasteiger partial charge < -0.3 is 4.89 Å². The molecular weight excluding hydrogens is 287 g/mol. The van der Waals surface area contributed by atoms with Gasteiger partial charge in [-0.05, 0) is 12.8 Å². The predicted octanol–water partition coefficient (Wildman–Crippen LogP) is 5.84. The molecule has 0 rings (SSSR count). The summed E-state index contributed by atoms with van der Waals surface area (Å²) in [6, 6.07) is 0. The standard InChI is InChI=1S/C16H35O4P/c1-3-5-7-9-11-13-15-19-21(17,18)20-16-14-12-10-8-6-4-2/h3-16H2,1-2H3,(H,17,18). The van der Waals surface area contributed by atoms with E-state index in [2.05, 4.69) is 13.8 Å². The average Bonchev–Trinajstić information content (AvgIpc) is 2.45. The van der Waals surface area contributed by atoms with E-state index in [1.807, 2.05) is 0 Å². The molecule has 0 bridgehead atoms. The Morgan fingerprint density at radius 2 is 1.00 bits per heavy atom. The number of unbranched alkanes of at least 4 members (excludes halogenated alkanes) is 10. The van der Waals surface area contributed by atoms with Crippen molar-refractivity contribution in [3.05, 3.63) is 0 Å². The van der Waals surface area contributed by atoms with Crippen molar-refractivity contribution in [1.82, 2.24) is 0 Å². The quantitative estimate of drug-likeness (QED) is 0.286. The Balaban J connectivity index is 3.37. The van der Waals surface area contributed by atoms with Crippen LogP contribution in [0.25, 0.3) is 0 Å². The van der Waals surface area contributed by atoms with Gasteiger partial charge in [0.05, 0.1) is 13.2 Å². The zero-order valence-electron chi connectivity index (χ0n) is 14.0. The molecule has 5 heteroatoms. The first-order chi connectivity index (χ1) is 10.1. The molecule has 1 N–H and O–H groups in total. The summed E-state index contributed by atoms with van der Waals surface area (Å²) in [6.45, 7) is 5.01. The summed E-state index contributed by atoms with van der Waals surface area (Å²) in [4.78, 5) is 9.51. The molecule has 4 nitrogen and oxygen atoms in total. The zero-order valence-corrected chi connectivity index (χ0v) is 14.9. The van der Waals surface area contributed by atoms with Crippen molar-refractivity contribution < 1.29 is 18.5 Å². The summed E-state index contributed by atoms with van der Waals surface area (Å²) >= 11 is 0. The smallest absolute Gasteiger partial charge is 0.302 e. The molecule has 0 heterocycles. The van der Waals surface area contributed by atoms with Gasteiger partial charge in [-0.2, -0.15) is 0 Å². The van der Waals surface area contributed by atoms with Crippen LogP contribution in [0.3, 0.4) is 0 Å². The fourth-order valence-electron chi connectivity index (χ4n) is 2.16. The van der Waals surface area contributed by atoms with Crippen molar-refractivity contribution in [1.29, 1.82) is 0 Å². The van der Waals surface area contributed by atoms with E-state index in [1.54, 1.807) is 0 Å². The van der Waals surface area contributed by atoms with Crippen molar-refractivity contribution in [2.24, 2.45) is 0 Å². The Kier molecular flexibility index (Phi) is 15.1. The molecule has 21 heavy (non-hydrogen) atoms. The van der Waals surface area contributed by atoms with Gasteiger partial charge in [-0.3, -0.25) is 9.05 Å². The van der Waals surface area contributed by atoms with E-state index in [0.29, 0.717) is 13.2 Å². The number of phosphoric acid groups is 1. The lowest BCUT2D eigenvalue weighted by molar-refractivity contribution is 0.145. The van der Waals surface area contributed by atoms with Crippen LogP contribution in [0.15, 0.2) is 0 Å². The molecule has 0 aromatic heterocycles. The molecule has 0 aliphatic carbocycles. The van der Waals surface area contributed by atoms with Crippen LogP contribution in [0.2, 0.25) is 0 Å². The third kappa shape index (κ3) is 16.3. The highest BCUT2D eigenvalue weighted by molar-refractivity contribution is 7.47. The summed E-state index contributed by atoms with van der Waals surface area (Å²) in [6.07, 6.45) is 13.6. The third-order valence-electron chi connectivity index (χ3n) is 3.50. The number of hydrogen-bond acceptors (Lipinski definition) is 3. The van der Waals surface area contributed by atoms with Crippen LogP contribution in [0.1, 0.15) is 90.9 Å². The molecule has 0 spiro atoms. The molecule has 0 saturated heterocycles. The van der Waals surface area contributed by atoms with Gasteiger partial charge in [0.2, 0.25) is 0 Å². The normalized spacial score (nSPS) is 12.0. The van der Waals surface area contributed by atoms with E-state index < -0.39 is 7.82 Å². The first kappa shape index (κ1) is 21.1. The molecular formula is C16H35O4P. The van der Waals surface area contributed by atoms with Crippen molar-refractivity contribution in [3.8, 4) is 0 Å². The van der Waals surface area contributed by atoms with E-state index in [9.17, 15) is 9.46 Å². The first-order valence-corrected chi connectivity index (χ1v) is 10.2. The first-order valence-electron chi connectivity index (χ1n) is 8.74. The SMILES string of the molecule is CCCCCCCCOP(=O)(O)OCCCCCCCC. The Bertz CT molecular complexity index is 237. The Hall–Kier alpha value is 0.110. The summed E-state index contributed by atoms with van der Waals surface area (Å²) in [7, 11) is -3.82. The van der Waals surface area contributed by atoms with Crippen molar-refractivity contribution >= 4 is 7.82 Å². The maximum absolute atomic E-state index is 11.6. The molecule has 0 saturated carbocycles. The van der Waals surface area contributed by atoms with Gasteiger partial charge in [0.25, 0.3) is 0 Å². The number of phosphoric ester groups is 1. The largest absolute Gasteiger partial charge is 0.472 e. The summed E-state index contributed by atoms with van der Waals surface area (Å²) < 4.78 is 21.5. The van der Waals surface area contributed by atoms with Gasteiger partial charge in [-0.1, -0.05) is 78.1 Å². The molecule has 0 amide bonds. The number of hydrogen-bond donors (Lipinski definition) is 1. The fraction of sp³-hybridized carbons (Fsp3) is 1.00. The lowest BCUT2D eigenvalue weighted by atomic mass is 10.1. The minimum atomic E-state index is -3.82. The van der Waals surface area contributed by atoms with E-state index in [-0.39, 0.29) is 0 Å². The zero-order chi connectivity index (χ0) is 15.8. The molecule has 0 aliphatic rings. The third-order valence-corrected chi connectivity index (χ3v) is 4.52. The van der Waals surface area contributed by atoms with Gasteiger partial charge in [0, 0.05) is 0 Å². The Labute approximate surface area is 131 Å². The average molecular weight is 322 g/mol. The van der Waals surface area contributed by atoms with Crippen LogP contribution >= 0.6 is 7.82 Å². The maximum atomic E-state index is 11.6. The van der Waals surface area contributed by atoms with Crippen LogP contribution in [0.5, 0.6) is 0 Å². The Morgan fingerprint density at radius 1 is 0.667 bits per heavy atom. The topological polar surface area (TPSA) is 55.8 Å². The van der Waals surface area contributed by atoms with Crippen molar-refractivity contribution in [2.75, 3.05) is 13.2 Å². The van der Waals surface area contributed by atoms with E-state index in [1.165, 1.54) is 51.4 Å². The molecule has 0 unspecified atom stereocenters. The highest BCUT2D eigenvalue weighted by Crippen LogP contribution is 2.43. The molecule has 0 aromatic carbocycles. The van der Waals surface area contributed by atoms with Crippen LogP contribution in [0.4, 0.5) is 0 Å². The molecule has 0 fully saturated rings. The number of rotatable bonds is 16. The van der Waals surface area contributed by atoms with Crippen LogP contribution in [-0.4, -0.2) is 18.1 Å². The Morgan fingerprint density at radius 3 is 1.38 bits per heavy atom. The second-order valence-electron chi connectivity index (χ2n) is 5.67. The van der Waals surface area contributed by atoms with Gasteiger partial charge >= 0.3 is 7.82 Å². The van der Waals surface area contributed by atoms with E-state index >= 15 is 0 Å². The second kappa shape index (κ2) is 15.0. The van der Waals surface area contributed by atoms with Crippen molar-refractivity contribution in [2.45, 2.75) is 90.9 Å². The highest BCUT2D eigenvalue weighted by Gasteiger charge is 2.19. The summed E-state index contributed by atoms with van der Waals surface area (Å²) in [5.41, 5.74) is 0. The molecule has 128 valence electrons.